The summed E-state index contributed by atoms with van der Waals surface area (Å²) in [6.45, 7) is 3.98. The van der Waals surface area contributed by atoms with Gasteiger partial charge in [-0.2, -0.15) is 5.10 Å². The quantitative estimate of drug-likeness (QED) is 0.726. The van der Waals surface area contributed by atoms with Crippen molar-refractivity contribution < 1.29 is 0 Å². The molecule has 2 aromatic carbocycles. The zero-order chi connectivity index (χ0) is 16.6. The molecule has 0 aliphatic carbocycles. The van der Waals surface area contributed by atoms with Crippen LogP contribution in [0.2, 0.25) is 5.02 Å². The van der Waals surface area contributed by atoms with Gasteiger partial charge in [0.05, 0.1) is 12.1 Å². The van der Waals surface area contributed by atoms with Crippen molar-refractivity contribution in [2.75, 3.05) is 11.4 Å². The molecule has 4 rings (SSSR count). The van der Waals surface area contributed by atoms with Crippen molar-refractivity contribution in [1.82, 2.24) is 14.8 Å². The van der Waals surface area contributed by atoms with E-state index >= 15 is 0 Å². The lowest BCUT2D eigenvalue weighted by molar-refractivity contribution is 0.339. The molecule has 24 heavy (non-hydrogen) atoms. The van der Waals surface area contributed by atoms with Gasteiger partial charge in [0.25, 0.3) is 0 Å². The van der Waals surface area contributed by atoms with Gasteiger partial charge in [-0.3, -0.25) is 4.68 Å². The van der Waals surface area contributed by atoms with Gasteiger partial charge in [-0.25, -0.2) is 4.98 Å². The third kappa shape index (κ3) is 2.57. The molecule has 3 aromatic rings. The van der Waals surface area contributed by atoms with E-state index < -0.39 is 0 Å². The molecule has 0 bridgehead atoms. The summed E-state index contributed by atoms with van der Waals surface area (Å²) in [6, 6.07) is 16.8. The van der Waals surface area contributed by atoms with Crippen LogP contribution in [0.5, 0.6) is 0 Å². The predicted molar refractivity (Wildman–Crippen MR) is 96.3 cm³/mol. The number of fused-ring (bicyclic) bond motifs is 1. The van der Waals surface area contributed by atoms with Crippen molar-refractivity contribution in [3.8, 4) is 0 Å². The fourth-order valence-electron chi connectivity index (χ4n) is 3.72. The molecule has 1 unspecified atom stereocenters. The van der Waals surface area contributed by atoms with Crippen molar-refractivity contribution in [3.63, 3.8) is 0 Å². The highest BCUT2D eigenvalue weighted by Crippen LogP contribution is 2.40. The lowest BCUT2D eigenvalue weighted by Gasteiger charge is -2.47. The van der Waals surface area contributed by atoms with Crippen LogP contribution >= 0.6 is 11.6 Å². The normalized spacial score (nSPS) is 20.0. The number of benzene rings is 2. The number of halogens is 1. The highest BCUT2D eigenvalue weighted by Gasteiger charge is 2.39. The van der Waals surface area contributed by atoms with Crippen molar-refractivity contribution in [1.29, 1.82) is 0 Å². The van der Waals surface area contributed by atoms with Crippen molar-refractivity contribution in [2.24, 2.45) is 0 Å². The second-order valence-electron chi connectivity index (χ2n) is 6.40. The largest absolute Gasteiger partial charge is 0.360 e. The Balaban J connectivity index is 1.82. The van der Waals surface area contributed by atoms with Crippen molar-refractivity contribution in [3.05, 3.63) is 77.3 Å². The molecule has 0 amide bonds. The zero-order valence-corrected chi connectivity index (χ0v) is 14.3. The maximum Gasteiger partial charge on any atom is 0.137 e. The summed E-state index contributed by atoms with van der Waals surface area (Å²) < 4.78 is 1.91. The first-order valence-electron chi connectivity index (χ1n) is 8.11. The Labute approximate surface area is 146 Å². The van der Waals surface area contributed by atoms with E-state index in [9.17, 15) is 0 Å². The Hall–Kier alpha value is -2.33. The van der Waals surface area contributed by atoms with Crippen LogP contribution in [-0.2, 0) is 18.5 Å². The van der Waals surface area contributed by atoms with E-state index in [1.807, 2.05) is 16.8 Å². The summed E-state index contributed by atoms with van der Waals surface area (Å²) in [5, 5.41) is 5.09. The van der Waals surface area contributed by atoms with E-state index in [2.05, 4.69) is 58.3 Å². The van der Waals surface area contributed by atoms with Crippen LogP contribution in [0.1, 0.15) is 18.1 Å². The molecule has 1 atom stereocenters. The molecule has 2 heterocycles. The number of hydrogen-bond donors (Lipinski definition) is 0. The van der Waals surface area contributed by atoms with Gasteiger partial charge in [0.15, 0.2) is 0 Å². The van der Waals surface area contributed by atoms with Gasteiger partial charge in [-0.15, -0.1) is 0 Å². The van der Waals surface area contributed by atoms with Gasteiger partial charge in [-0.05, 0) is 48.7 Å². The molecule has 0 N–H and O–H groups in total. The van der Waals surface area contributed by atoms with E-state index in [1.165, 1.54) is 16.8 Å². The number of nitrogens with zero attached hydrogens (tertiary/aromatic N) is 4. The Morgan fingerprint density at radius 1 is 1.12 bits per heavy atom. The second-order valence-corrected chi connectivity index (χ2v) is 6.84. The molecule has 1 aliphatic heterocycles. The lowest BCUT2D eigenvalue weighted by Crippen LogP contribution is -2.51. The third-order valence-corrected chi connectivity index (χ3v) is 5.12. The van der Waals surface area contributed by atoms with E-state index in [0.29, 0.717) is 0 Å². The van der Waals surface area contributed by atoms with Crippen LogP contribution < -0.4 is 4.90 Å². The first-order valence-corrected chi connectivity index (χ1v) is 8.49. The van der Waals surface area contributed by atoms with Crippen LogP contribution in [0.15, 0.2) is 61.2 Å². The van der Waals surface area contributed by atoms with Crippen LogP contribution in [0.3, 0.4) is 0 Å². The van der Waals surface area contributed by atoms with Gasteiger partial charge in [0, 0.05) is 17.3 Å². The Morgan fingerprint density at radius 3 is 2.67 bits per heavy atom. The molecule has 1 aromatic heterocycles. The second kappa shape index (κ2) is 5.95. The standard InChI is InChI=1S/C19H19ClN4/c1-19(12-23-14-21-13-22-23)18-5-3-2-4-15(18)10-11-24(19)17-8-6-16(20)7-9-17/h2-9,13-14H,10-12H2,1H3. The van der Waals surface area contributed by atoms with Crippen LogP contribution in [0, 0.1) is 0 Å². The van der Waals surface area contributed by atoms with E-state index in [1.54, 1.807) is 12.7 Å². The van der Waals surface area contributed by atoms with E-state index in [0.717, 1.165) is 24.5 Å². The van der Waals surface area contributed by atoms with Crippen LogP contribution in [-0.4, -0.2) is 21.3 Å². The minimum atomic E-state index is -0.198. The predicted octanol–water partition coefficient (Wildman–Crippen LogP) is 3.91. The number of anilines is 1. The van der Waals surface area contributed by atoms with Crippen molar-refractivity contribution >= 4 is 17.3 Å². The average molecular weight is 339 g/mol. The fourth-order valence-corrected chi connectivity index (χ4v) is 3.85. The first kappa shape index (κ1) is 15.2. The molecule has 1 aliphatic rings. The summed E-state index contributed by atoms with van der Waals surface area (Å²) in [7, 11) is 0. The molecule has 0 saturated carbocycles. The highest BCUT2D eigenvalue weighted by atomic mass is 35.5. The van der Waals surface area contributed by atoms with Gasteiger partial charge in [-0.1, -0.05) is 35.9 Å². The molecule has 5 heteroatoms. The molecule has 4 nitrogen and oxygen atoms in total. The van der Waals surface area contributed by atoms with Crippen LogP contribution in [0.25, 0.3) is 0 Å². The average Bonchev–Trinajstić information content (AvgIpc) is 3.09. The third-order valence-electron chi connectivity index (χ3n) is 4.87. The van der Waals surface area contributed by atoms with Gasteiger partial charge >= 0.3 is 0 Å². The van der Waals surface area contributed by atoms with Crippen molar-refractivity contribution in [2.45, 2.75) is 25.4 Å². The minimum Gasteiger partial charge on any atom is -0.360 e. The minimum absolute atomic E-state index is 0.198. The lowest BCUT2D eigenvalue weighted by atomic mass is 9.81. The summed E-state index contributed by atoms with van der Waals surface area (Å²) in [6.07, 6.45) is 4.40. The molecule has 0 fully saturated rings. The molecular formula is C19H19ClN4. The smallest absolute Gasteiger partial charge is 0.137 e. The zero-order valence-electron chi connectivity index (χ0n) is 13.6. The monoisotopic (exact) mass is 338 g/mol. The molecule has 0 saturated heterocycles. The van der Waals surface area contributed by atoms with Gasteiger partial charge < -0.3 is 4.90 Å². The van der Waals surface area contributed by atoms with E-state index in [-0.39, 0.29) is 5.54 Å². The molecule has 0 radical (unpaired) electrons. The molecule has 122 valence electrons. The first-order chi connectivity index (χ1) is 11.7. The Morgan fingerprint density at radius 2 is 1.92 bits per heavy atom. The number of rotatable bonds is 3. The topological polar surface area (TPSA) is 34.0 Å². The SMILES string of the molecule is CC1(Cn2cncn2)c2ccccc2CCN1c1ccc(Cl)cc1. The van der Waals surface area contributed by atoms with Crippen LogP contribution in [0.4, 0.5) is 5.69 Å². The Bertz CT molecular complexity index is 829. The number of hydrogen-bond acceptors (Lipinski definition) is 3. The summed E-state index contributed by atoms with van der Waals surface area (Å²) in [4.78, 5) is 6.55. The summed E-state index contributed by atoms with van der Waals surface area (Å²) in [5.41, 5.74) is 3.74. The van der Waals surface area contributed by atoms with Gasteiger partial charge in [0.1, 0.15) is 12.7 Å². The summed E-state index contributed by atoms with van der Waals surface area (Å²) >= 11 is 6.08. The van der Waals surface area contributed by atoms with Gasteiger partial charge in [0.2, 0.25) is 0 Å². The highest BCUT2D eigenvalue weighted by molar-refractivity contribution is 6.30. The Kier molecular flexibility index (Phi) is 3.77. The molecule has 0 spiro atoms. The number of aromatic nitrogens is 3. The fraction of sp³-hybridized carbons (Fsp3) is 0.263. The maximum atomic E-state index is 6.08. The van der Waals surface area contributed by atoms with E-state index in [4.69, 9.17) is 11.6 Å². The molecular weight excluding hydrogens is 320 g/mol. The summed E-state index contributed by atoms with van der Waals surface area (Å²) in [5.74, 6) is 0. The maximum absolute atomic E-state index is 6.08.